The van der Waals surface area contributed by atoms with Crippen molar-refractivity contribution in [3.63, 3.8) is 0 Å². The summed E-state index contributed by atoms with van der Waals surface area (Å²) in [6.45, 7) is 8.18. The molecule has 3 heterocycles. The highest BCUT2D eigenvalue weighted by Crippen LogP contribution is 2.26. The van der Waals surface area contributed by atoms with Crippen LogP contribution in [0.15, 0.2) is 60.6 Å². The summed E-state index contributed by atoms with van der Waals surface area (Å²) in [6, 6.07) is 3.58. The van der Waals surface area contributed by atoms with Gasteiger partial charge in [0.05, 0.1) is 5.69 Å². The van der Waals surface area contributed by atoms with Gasteiger partial charge in [-0.25, -0.2) is 9.97 Å². The number of hydrogen-bond acceptors (Lipinski definition) is 4. The number of aromatic amines is 1. The Labute approximate surface area is 134 Å². The maximum absolute atomic E-state index is 12.5. The lowest BCUT2D eigenvalue weighted by Gasteiger charge is -2.17. The van der Waals surface area contributed by atoms with Gasteiger partial charge < -0.3 is 14.3 Å². The van der Waals surface area contributed by atoms with Crippen molar-refractivity contribution in [3.05, 3.63) is 62.0 Å². The molecular weight excluding hydrogens is 292 g/mol. The van der Waals surface area contributed by atoms with Crippen LogP contribution in [-0.4, -0.2) is 38.8 Å². The lowest BCUT2D eigenvalue weighted by Crippen LogP contribution is -2.30. The molecule has 0 atom stereocenters. The van der Waals surface area contributed by atoms with Gasteiger partial charge >= 0.3 is 0 Å². The van der Waals surface area contributed by atoms with E-state index in [9.17, 15) is 4.79 Å². The van der Waals surface area contributed by atoms with Crippen molar-refractivity contribution in [3.8, 4) is 11.3 Å². The van der Waals surface area contributed by atoms with Gasteiger partial charge in [-0.3, -0.25) is 4.79 Å². The summed E-state index contributed by atoms with van der Waals surface area (Å²) in [4.78, 5) is 25.5. The van der Waals surface area contributed by atoms with Crippen LogP contribution in [-0.2, 0) is 0 Å². The molecule has 0 unspecified atom stereocenters. The van der Waals surface area contributed by atoms with Crippen molar-refractivity contribution >= 4 is 16.9 Å². The molecule has 0 aliphatic heterocycles. The first-order chi connectivity index (χ1) is 11.2. The Hall–Kier alpha value is -3.15. The third-order valence-electron chi connectivity index (χ3n) is 3.42. The van der Waals surface area contributed by atoms with Crippen molar-refractivity contribution in [2.75, 3.05) is 13.1 Å². The quantitative estimate of drug-likeness (QED) is 0.709. The number of carbonyl (C=O) groups is 1. The smallest absolute Gasteiger partial charge is 0.290 e. The van der Waals surface area contributed by atoms with E-state index in [2.05, 4.69) is 28.1 Å². The van der Waals surface area contributed by atoms with Crippen molar-refractivity contribution in [2.24, 2.45) is 0 Å². The first kappa shape index (κ1) is 14.8. The van der Waals surface area contributed by atoms with Crippen molar-refractivity contribution in [1.82, 2.24) is 19.9 Å². The van der Waals surface area contributed by atoms with Gasteiger partial charge in [0.25, 0.3) is 5.91 Å². The molecule has 23 heavy (non-hydrogen) atoms. The van der Waals surface area contributed by atoms with Crippen molar-refractivity contribution in [1.29, 1.82) is 0 Å². The number of carbonyl (C=O) groups excluding carboxylic acids is 1. The van der Waals surface area contributed by atoms with E-state index in [-0.39, 0.29) is 13.1 Å². The number of hydrogen-bond donors (Lipinski definition) is 1. The molecule has 0 saturated heterocycles. The lowest BCUT2D eigenvalue weighted by molar-refractivity contribution is 0.0759. The fourth-order valence-electron chi connectivity index (χ4n) is 2.38. The highest BCUT2D eigenvalue weighted by Gasteiger charge is 2.19. The van der Waals surface area contributed by atoms with E-state index < -0.39 is 0 Å². The van der Waals surface area contributed by atoms with E-state index in [1.807, 2.05) is 6.07 Å². The van der Waals surface area contributed by atoms with Gasteiger partial charge in [-0.15, -0.1) is 13.2 Å². The zero-order valence-electron chi connectivity index (χ0n) is 12.5. The molecule has 3 aromatic rings. The van der Waals surface area contributed by atoms with Crippen molar-refractivity contribution in [2.45, 2.75) is 0 Å². The monoisotopic (exact) mass is 310 g/mol. The molecule has 118 valence electrons. The minimum atomic E-state index is -0.213. The van der Waals surface area contributed by atoms with Gasteiger partial charge in [0.15, 0.2) is 5.76 Å². The third kappa shape index (κ3) is 2.78. The van der Waals surface area contributed by atoms with Crippen LogP contribution in [0.25, 0.3) is 22.3 Å². The van der Waals surface area contributed by atoms with Crippen LogP contribution in [0, 0.1) is 0 Å². The van der Waals surface area contributed by atoms with Gasteiger partial charge in [0.2, 0.25) is 0 Å². The van der Waals surface area contributed by atoms with Gasteiger partial charge in [-0.05, 0) is 12.1 Å². The molecule has 0 aromatic carbocycles. The molecular formula is C17H18N4O2. The van der Waals surface area contributed by atoms with Crippen LogP contribution in [0.3, 0.4) is 0 Å². The number of aromatic nitrogens is 3. The molecule has 1 N–H and O–H groups in total. The third-order valence-corrected chi connectivity index (χ3v) is 3.42. The van der Waals surface area contributed by atoms with Crippen LogP contribution in [0.1, 0.15) is 12.0 Å². The molecule has 0 aliphatic rings. The molecule has 3 rings (SSSR count). The number of nitrogens with one attached hydrogen (secondary N) is 1. The molecule has 6 nitrogen and oxygen atoms in total. The topological polar surface area (TPSA) is 75.0 Å². The van der Waals surface area contributed by atoms with E-state index in [4.69, 9.17) is 4.42 Å². The molecule has 0 saturated carbocycles. The summed E-state index contributed by atoms with van der Waals surface area (Å²) in [5, 5.41) is 0.876. The fraction of sp³-hybridized carbons (Fsp3) is 0.118. The van der Waals surface area contributed by atoms with E-state index >= 15 is 0 Å². The number of rotatable bonds is 6. The Morgan fingerprint density at radius 3 is 2.87 bits per heavy atom. The number of H-pyrrole nitrogens is 1. The first-order valence-corrected chi connectivity index (χ1v) is 7.12. The predicted molar refractivity (Wildman–Crippen MR) is 90.0 cm³/mol. The molecule has 0 aliphatic carbocycles. The van der Waals surface area contributed by atoms with Gasteiger partial charge in [0, 0.05) is 31.7 Å². The number of furan rings is 1. The summed E-state index contributed by atoms with van der Waals surface area (Å²) in [5.41, 5.74) is 2.19. The molecule has 1 amide bonds. The van der Waals surface area contributed by atoms with Gasteiger partial charge in [0.1, 0.15) is 18.2 Å². The van der Waals surface area contributed by atoms with E-state index in [1.54, 1.807) is 29.3 Å². The number of nitrogens with zero attached hydrogens (tertiary/aromatic N) is 3. The lowest BCUT2D eigenvalue weighted by atomic mass is 10.1. The Morgan fingerprint density at radius 2 is 2.13 bits per heavy atom. The molecule has 0 bridgehead atoms. The number of amides is 1. The minimum Gasteiger partial charge on any atom is -0.458 e. The normalized spacial score (nSPS) is 10.6. The zero-order valence-corrected chi connectivity index (χ0v) is 12.5. The van der Waals surface area contributed by atoms with Crippen LogP contribution < -0.4 is 0 Å². The number of fused-ring (bicyclic) bond motifs is 1. The van der Waals surface area contributed by atoms with Crippen molar-refractivity contribution < 1.29 is 10.6 Å². The minimum absolute atomic E-state index is 0. The summed E-state index contributed by atoms with van der Waals surface area (Å²) < 4.78 is 5.45. The predicted octanol–water partition coefficient (Wildman–Crippen LogP) is 3.28. The van der Waals surface area contributed by atoms with Gasteiger partial charge in [-0.1, -0.05) is 12.2 Å². The Bertz CT molecular complexity index is 858. The molecule has 3 aromatic heterocycles. The molecule has 0 radical (unpaired) electrons. The summed E-state index contributed by atoms with van der Waals surface area (Å²) in [7, 11) is 0. The standard InChI is InChI=1S/C17H16N4O2.H2/c1-3-7-21(8-4-2)17(22)14-9-12(10-23-14)15-13-5-6-18-16(13)20-11-19-15;/h3-6,9-11H,1-2,7-8H2,(H,18,19,20);1H. The summed E-state index contributed by atoms with van der Waals surface area (Å²) in [6.07, 6.45) is 8.13. The largest absolute Gasteiger partial charge is 0.458 e. The maximum atomic E-state index is 12.5. The van der Waals surface area contributed by atoms with Crippen LogP contribution in [0.4, 0.5) is 0 Å². The van der Waals surface area contributed by atoms with Crippen LogP contribution in [0.5, 0.6) is 0 Å². The molecule has 0 fully saturated rings. The Kier molecular flexibility index (Phi) is 4.05. The van der Waals surface area contributed by atoms with E-state index in [0.29, 0.717) is 13.1 Å². The van der Waals surface area contributed by atoms with E-state index in [1.165, 1.54) is 12.6 Å². The average Bonchev–Trinajstić information content (AvgIpc) is 3.22. The highest BCUT2D eigenvalue weighted by atomic mass is 16.3. The highest BCUT2D eigenvalue weighted by molar-refractivity contribution is 5.95. The molecule has 6 heteroatoms. The molecule has 0 spiro atoms. The van der Waals surface area contributed by atoms with Crippen LogP contribution in [0.2, 0.25) is 0 Å². The summed E-state index contributed by atoms with van der Waals surface area (Å²) >= 11 is 0. The second-order valence-electron chi connectivity index (χ2n) is 4.95. The second-order valence-corrected chi connectivity index (χ2v) is 4.95. The Balaban J connectivity index is 0.00000208. The maximum Gasteiger partial charge on any atom is 0.290 e. The van der Waals surface area contributed by atoms with E-state index in [0.717, 1.165) is 22.3 Å². The second kappa shape index (κ2) is 6.31. The summed E-state index contributed by atoms with van der Waals surface area (Å²) in [5.74, 6) is 0.0430. The van der Waals surface area contributed by atoms with Gasteiger partial charge in [-0.2, -0.15) is 0 Å². The average molecular weight is 310 g/mol. The first-order valence-electron chi connectivity index (χ1n) is 7.12. The van der Waals surface area contributed by atoms with Crippen LogP contribution >= 0.6 is 0 Å². The Morgan fingerprint density at radius 1 is 1.35 bits per heavy atom. The SMILES string of the molecule is C=CCN(CC=C)C(=O)c1cc(-c2ncnc3[nH]ccc23)co1.[HH]. The zero-order chi connectivity index (χ0) is 16.2. The fourth-order valence-corrected chi connectivity index (χ4v) is 2.38.